The zero-order chi connectivity index (χ0) is 13.9. The maximum absolute atomic E-state index is 11.7. The SMILES string of the molecule is CNC(C)(CCn1nc(C)c(C)c1C)C(=O)OC. The number of nitrogens with zero attached hydrogens (tertiary/aromatic N) is 2. The van der Waals surface area contributed by atoms with Gasteiger partial charge in [0.25, 0.3) is 0 Å². The second kappa shape index (κ2) is 5.52. The van der Waals surface area contributed by atoms with Crippen LogP contribution in [0.15, 0.2) is 0 Å². The highest BCUT2D eigenvalue weighted by Gasteiger charge is 2.32. The number of aryl methyl sites for hydroxylation is 2. The van der Waals surface area contributed by atoms with E-state index in [-0.39, 0.29) is 5.97 Å². The van der Waals surface area contributed by atoms with Gasteiger partial charge in [-0.2, -0.15) is 5.10 Å². The van der Waals surface area contributed by atoms with Crippen molar-refractivity contribution < 1.29 is 9.53 Å². The first-order chi connectivity index (χ1) is 8.35. The number of likely N-dealkylation sites (N-methyl/N-ethyl adjacent to an activating group) is 1. The van der Waals surface area contributed by atoms with Crippen molar-refractivity contribution in [3.63, 3.8) is 0 Å². The fourth-order valence-corrected chi connectivity index (χ4v) is 1.89. The molecule has 1 unspecified atom stereocenters. The van der Waals surface area contributed by atoms with Crippen LogP contribution in [0.25, 0.3) is 0 Å². The van der Waals surface area contributed by atoms with Crippen LogP contribution in [0.1, 0.15) is 30.3 Å². The van der Waals surface area contributed by atoms with Gasteiger partial charge in [0.05, 0.1) is 12.8 Å². The predicted molar refractivity (Wildman–Crippen MR) is 70.5 cm³/mol. The molecular formula is C13H23N3O2. The number of hydrogen-bond acceptors (Lipinski definition) is 4. The average Bonchev–Trinajstić information content (AvgIpc) is 2.62. The molecule has 0 saturated heterocycles. The molecule has 1 rings (SSSR count). The van der Waals surface area contributed by atoms with Crippen molar-refractivity contribution in [2.75, 3.05) is 14.2 Å². The van der Waals surface area contributed by atoms with Crippen LogP contribution in [0.5, 0.6) is 0 Å². The topological polar surface area (TPSA) is 56.2 Å². The molecule has 1 heterocycles. The van der Waals surface area contributed by atoms with Crippen LogP contribution in [0, 0.1) is 20.8 Å². The number of nitrogens with one attached hydrogen (secondary N) is 1. The van der Waals surface area contributed by atoms with Gasteiger partial charge in [-0.05, 0) is 46.7 Å². The first kappa shape index (κ1) is 14.7. The third-order valence-electron chi connectivity index (χ3n) is 3.75. The molecule has 5 heteroatoms. The minimum Gasteiger partial charge on any atom is -0.468 e. The normalized spacial score (nSPS) is 14.3. The molecule has 1 aromatic heterocycles. The molecule has 0 aliphatic heterocycles. The minimum absolute atomic E-state index is 0.247. The van der Waals surface area contributed by atoms with Crippen molar-refractivity contribution >= 4 is 5.97 Å². The molecule has 1 N–H and O–H groups in total. The van der Waals surface area contributed by atoms with Crippen molar-refractivity contribution in [3.05, 3.63) is 17.0 Å². The average molecular weight is 253 g/mol. The Morgan fingerprint density at radius 3 is 2.44 bits per heavy atom. The maximum atomic E-state index is 11.7. The summed E-state index contributed by atoms with van der Waals surface area (Å²) < 4.78 is 6.77. The lowest BCUT2D eigenvalue weighted by Crippen LogP contribution is -2.49. The Morgan fingerprint density at radius 1 is 1.44 bits per heavy atom. The largest absolute Gasteiger partial charge is 0.468 e. The van der Waals surface area contributed by atoms with Crippen molar-refractivity contribution in [2.45, 2.75) is 46.2 Å². The van der Waals surface area contributed by atoms with E-state index in [1.165, 1.54) is 12.7 Å². The Hall–Kier alpha value is -1.36. The third-order valence-corrected chi connectivity index (χ3v) is 3.75. The summed E-state index contributed by atoms with van der Waals surface area (Å²) in [7, 11) is 3.18. The van der Waals surface area contributed by atoms with Crippen molar-refractivity contribution in [3.8, 4) is 0 Å². The van der Waals surface area contributed by atoms with Crippen LogP contribution >= 0.6 is 0 Å². The summed E-state index contributed by atoms with van der Waals surface area (Å²) in [5.74, 6) is -0.247. The van der Waals surface area contributed by atoms with Crippen LogP contribution in [0.4, 0.5) is 0 Å². The maximum Gasteiger partial charge on any atom is 0.325 e. The van der Waals surface area contributed by atoms with E-state index in [1.54, 1.807) is 7.05 Å². The van der Waals surface area contributed by atoms with Crippen molar-refractivity contribution in [2.24, 2.45) is 0 Å². The Labute approximate surface area is 109 Å². The molecule has 1 atom stereocenters. The number of hydrogen-bond donors (Lipinski definition) is 1. The number of carbonyl (C=O) groups is 1. The second-order valence-corrected chi connectivity index (χ2v) is 4.84. The van der Waals surface area contributed by atoms with Crippen molar-refractivity contribution in [1.82, 2.24) is 15.1 Å². The lowest BCUT2D eigenvalue weighted by atomic mass is 9.98. The second-order valence-electron chi connectivity index (χ2n) is 4.84. The fourth-order valence-electron chi connectivity index (χ4n) is 1.89. The van der Waals surface area contributed by atoms with Gasteiger partial charge in [0.2, 0.25) is 0 Å². The van der Waals surface area contributed by atoms with Gasteiger partial charge in [0.15, 0.2) is 0 Å². The molecule has 18 heavy (non-hydrogen) atoms. The summed E-state index contributed by atoms with van der Waals surface area (Å²) in [6.45, 7) is 8.64. The summed E-state index contributed by atoms with van der Waals surface area (Å²) in [4.78, 5) is 11.7. The van der Waals surface area contributed by atoms with Gasteiger partial charge in [-0.3, -0.25) is 9.48 Å². The first-order valence-electron chi connectivity index (χ1n) is 6.13. The van der Waals surface area contributed by atoms with Gasteiger partial charge in [-0.15, -0.1) is 0 Å². The number of esters is 1. The van der Waals surface area contributed by atoms with Crippen LogP contribution in [-0.4, -0.2) is 35.4 Å². The van der Waals surface area contributed by atoms with Crippen LogP contribution in [0.3, 0.4) is 0 Å². The molecule has 0 spiro atoms. The Bertz CT molecular complexity index is 440. The number of ether oxygens (including phenoxy) is 1. The molecule has 0 aliphatic rings. The monoisotopic (exact) mass is 253 g/mol. The molecule has 1 aromatic rings. The Kier molecular flexibility index (Phi) is 4.51. The highest BCUT2D eigenvalue weighted by molar-refractivity contribution is 5.80. The Balaban J connectivity index is 2.80. The molecule has 5 nitrogen and oxygen atoms in total. The molecule has 0 bridgehead atoms. The zero-order valence-corrected chi connectivity index (χ0v) is 12.1. The summed E-state index contributed by atoms with van der Waals surface area (Å²) in [5.41, 5.74) is 2.72. The molecule has 0 saturated carbocycles. The van der Waals surface area contributed by atoms with Gasteiger partial charge >= 0.3 is 5.97 Å². The fraction of sp³-hybridized carbons (Fsp3) is 0.692. The predicted octanol–water partition coefficient (Wildman–Crippen LogP) is 1.35. The van der Waals surface area contributed by atoms with Gasteiger partial charge in [-0.1, -0.05) is 0 Å². The highest BCUT2D eigenvalue weighted by Crippen LogP contribution is 2.16. The lowest BCUT2D eigenvalue weighted by molar-refractivity contribution is -0.148. The molecule has 102 valence electrons. The van der Waals surface area contributed by atoms with E-state index in [0.29, 0.717) is 13.0 Å². The third kappa shape index (κ3) is 2.72. The zero-order valence-electron chi connectivity index (χ0n) is 12.1. The minimum atomic E-state index is -0.672. The van der Waals surface area contributed by atoms with Crippen LogP contribution in [0.2, 0.25) is 0 Å². The summed E-state index contributed by atoms with van der Waals surface area (Å²) >= 11 is 0. The van der Waals surface area contributed by atoms with Crippen LogP contribution < -0.4 is 5.32 Å². The molecule has 0 fully saturated rings. The van der Waals surface area contributed by atoms with E-state index in [9.17, 15) is 4.79 Å². The number of methoxy groups -OCH3 is 1. The highest BCUT2D eigenvalue weighted by atomic mass is 16.5. The van der Waals surface area contributed by atoms with E-state index < -0.39 is 5.54 Å². The molecule has 0 aliphatic carbocycles. The van der Waals surface area contributed by atoms with Gasteiger partial charge in [0.1, 0.15) is 5.54 Å². The van der Waals surface area contributed by atoms with E-state index in [2.05, 4.69) is 17.3 Å². The molecular weight excluding hydrogens is 230 g/mol. The Morgan fingerprint density at radius 2 is 2.06 bits per heavy atom. The smallest absolute Gasteiger partial charge is 0.325 e. The lowest BCUT2D eigenvalue weighted by Gasteiger charge is -2.26. The van der Waals surface area contributed by atoms with E-state index >= 15 is 0 Å². The summed E-state index contributed by atoms with van der Waals surface area (Å²) in [6.07, 6.45) is 0.636. The van der Waals surface area contributed by atoms with E-state index in [4.69, 9.17) is 4.74 Å². The van der Waals surface area contributed by atoms with Gasteiger partial charge in [-0.25, -0.2) is 0 Å². The molecule has 0 radical (unpaired) electrons. The summed E-state index contributed by atoms with van der Waals surface area (Å²) in [6, 6.07) is 0. The standard InChI is InChI=1S/C13H23N3O2/c1-9-10(2)15-16(11(9)3)8-7-13(4,14-5)12(17)18-6/h14H,7-8H2,1-6H3. The number of carbonyl (C=O) groups excluding carboxylic acids is 1. The van der Waals surface area contributed by atoms with E-state index in [1.807, 2.05) is 25.5 Å². The molecule has 0 amide bonds. The number of aromatic nitrogens is 2. The molecule has 0 aromatic carbocycles. The number of rotatable bonds is 5. The van der Waals surface area contributed by atoms with Gasteiger partial charge in [0, 0.05) is 12.2 Å². The first-order valence-corrected chi connectivity index (χ1v) is 6.13. The van der Waals surface area contributed by atoms with E-state index in [0.717, 1.165) is 11.4 Å². The quantitative estimate of drug-likeness (QED) is 0.805. The van der Waals surface area contributed by atoms with Crippen molar-refractivity contribution in [1.29, 1.82) is 0 Å². The van der Waals surface area contributed by atoms with Gasteiger partial charge < -0.3 is 10.1 Å². The summed E-state index contributed by atoms with van der Waals surface area (Å²) in [5, 5.41) is 7.49. The van der Waals surface area contributed by atoms with Crippen LogP contribution in [-0.2, 0) is 16.1 Å².